The van der Waals surface area contributed by atoms with Crippen LogP contribution in [0.1, 0.15) is 39.0 Å². The molecule has 104 valence electrons. The number of ether oxygens (including phenoxy) is 2. The van der Waals surface area contributed by atoms with E-state index in [0.717, 1.165) is 23.0 Å². The molecule has 0 spiro atoms. The van der Waals surface area contributed by atoms with Crippen LogP contribution in [0.15, 0.2) is 6.20 Å². The number of anilines is 1. The summed E-state index contributed by atoms with van der Waals surface area (Å²) >= 11 is 1.65. The molecule has 0 radical (unpaired) electrons. The fourth-order valence-corrected chi connectivity index (χ4v) is 2.04. The molecule has 0 bridgehead atoms. The number of nitrogens with one attached hydrogen (secondary N) is 1. The van der Waals surface area contributed by atoms with Gasteiger partial charge in [0.1, 0.15) is 0 Å². The first kappa shape index (κ1) is 15.4. The maximum atomic E-state index is 5.58. The van der Waals surface area contributed by atoms with Crippen molar-refractivity contribution >= 4 is 16.5 Å². The van der Waals surface area contributed by atoms with Gasteiger partial charge in [0.15, 0.2) is 5.13 Å². The second-order valence-corrected chi connectivity index (χ2v) is 6.19. The van der Waals surface area contributed by atoms with Gasteiger partial charge in [-0.15, -0.1) is 0 Å². The molecule has 1 aromatic rings. The highest BCUT2D eigenvalue weighted by Gasteiger charge is 2.09. The van der Waals surface area contributed by atoms with E-state index in [1.165, 1.54) is 0 Å². The molecule has 0 amide bonds. The average molecular weight is 272 g/mol. The normalized spacial score (nSPS) is 11.8. The zero-order valence-corrected chi connectivity index (χ0v) is 12.6. The molecule has 0 unspecified atom stereocenters. The zero-order valence-electron chi connectivity index (χ0n) is 11.8. The smallest absolute Gasteiger partial charge is 0.182 e. The quantitative estimate of drug-likeness (QED) is 0.737. The van der Waals surface area contributed by atoms with E-state index in [2.05, 4.69) is 17.2 Å². The Morgan fingerprint density at radius 2 is 2.11 bits per heavy atom. The van der Waals surface area contributed by atoms with Crippen LogP contribution in [0.25, 0.3) is 0 Å². The standard InChI is InChI=1S/C13H24N2O2S/c1-5-6-14-12-15-9-11(18-12)10-16-7-8-17-13(2,3)4/h9H,5-8,10H2,1-4H3,(H,14,15). The lowest BCUT2D eigenvalue weighted by Gasteiger charge is -2.19. The Morgan fingerprint density at radius 3 is 2.78 bits per heavy atom. The molecular weight excluding hydrogens is 248 g/mol. The van der Waals surface area contributed by atoms with Gasteiger partial charge in [0.25, 0.3) is 0 Å². The molecule has 0 atom stereocenters. The van der Waals surface area contributed by atoms with Crippen molar-refractivity contribution in [3.63, 3.8) is 0 Å². The van der Waals surface area contributed by atoms with Gasteiger partial charge in [-0.05, 0) is 27.2 Å². The molecule has 1 aromatic heterocycles. The van der Waals surface area contributed by atoms with Crippen LogP contribution in [0, 0.1) is 0 Å². The van der Waals surface area contributed by atoms with Gasteiger partial charge in [-0.1, -0.05) is 18.3 Å². The molecule has 0 aromatic carbocycles. The van der Waals surface area contributed by atoms with E-state index in [9.17, 15) is 0 Å². The van der Waals surface area contributed by atoms with Crippen LogP contribution in [0.4, 0.5) is 5.13 Å². The lowest BCUT2D eigenvalue weighted by Crippen LogP contribution is -2.21. The summed E-state index contributed by atoms with van der Waals surface area (Å²) in [5.41, 5.74) is -0.0922. The van der Waals surface area contributed by atoms with Crippen LogP contribution < -0.4 is 5.32 Å². The summed E-state index contributed by atoms with van der Waals surface area (Å²) in [5.74, 6) is 0. The van der Waals surface area contributed by atoms with Crippen molar-refractivity contribution < 1.29 is 9.47 Å². The number of aromatic nitrogens is 1. The topological polar surface area (TPSA) is 43.4 Å². The molecule has 0 saturated heterocycles. The van der Waals surface area contributed by atoms with Crippen molar-refractivity contribution in [3.05, 3.63) is 11.1 Å². The van der Waals surface area contributed by atoms with Crippen molar-refractivity contribution in [1.82, 2.24) is 4.98 Å². The van der Waals surface area contributed by atoms with E-state index in [-0.39, 0.29) is 5.60 Å². The molecule has 5 heteroatoms. The van der Waals surface area contributed by atoms with Gasteiger partial charge < -0.3 is 14.8 Å². The maximum absolute atomic E-state index is 5.58. The monoisotopic (exact) mass is 272 g/mol. The highest BCUT2D eigenvalue weighted by atomic mass is 32.1. The van der Waals surface area contributed by atoms with Gasteiger partial charge in [-0.25, -0.2) is 4.98 Å². The Hall–Kier alpha value is -0.650. The molecule has 0 saturated carbocycles. The predicted octanol–water partition coefficient (Wildman–Crippen LogP) is 3.30. The summed E-state index contributed by atoms with van der Waals surface area (Å²) in [4.78, 5) is 5.43. The Kier molecular flexibility index (Phi) is 6.60. The fourth-order valence-electron chi connectivity index (χ4n) is 1.27. The third-order valence-electron chi connectivity index (χ3n) is 2.09. The van der Waals surface area contributed by atoms with Gasteiger partial charge >= 0.3 is 0 Å². The van der Waals surface area contributed by atoms with E-state index in [0.29, 0.717) is 19.8 Å². The van der Waals surface area contributed by atoms with E-state index in [4.69, 9.17) is 9.47 Å². The molecule has 1 heterocycles. The van der Waals surface area contributed by atoms with Crippen LogP contribution in [0.3, 0.4) is 0 Å². The summed E-state index contributed by atoms with van der Waals surface area (Å²) in [6.45, 7) is 11.1. The van der Waals surface area contributed by atoms with E-state index in [1.54, 1.807) is 11.3 Å². The molecule has 0 fully saturated rings. The summed E-state index contributed by atoms with van der Waals surface area (Å²) < 4.78 is 11.1. The summed E-state index contributed by atoms with van der Waals surface area (Å²) in [7, 11) is 0. The lowest BCUT2D eigenvalue weighted by atomic mass is 10.2. The van der Waals surface area contributed by atoms with Crippen LogP contribution >= 0.6 is 11.3 Å². The van der Waals surface area contributed by atoms with Crippen molar-refractivity contribution in [2.45, 2.75) is 46.3 Å². The second kappa shape index (κ2) is 7.71. The summed E-state index contributed by atoms with van der Waals surface area (Å²) in [5, 5.41) is 4.24. The van der Waals surface area contributed by atoms with Crippen molar-refractivity contribution in [2.24, 2.45) is 0 Å². The molecule has 0 aliphatic rings. The number of thiazole rings is 1. The Balaban J connectivity index is 2.13. The second-order valence-electron chi connectivity index (χ2n) is 5.07. The summed E-state index contributed by atoms with van der Waals surface area (Å²) in [6.07, 6.45) is 2.98. The number of nitrogens with zero attached hydrogens (tertiary/aromatic N) is 1. The third kappa shape index (κ3) is 6.93. The SMILES string of the molecule is CCCNc1ncc(COCCOC(C)(C)C)s1. The number of hydrogen-bond donors (Lipinski definition) is 1. The first-order valence-electron chi connectivity index (χ1n) is 6.41. The predicted molar refractivity (Wildman–Crippen MR) is 76.3 cm³/mol. The molecule has 1 N–H and O–H groups in total. The molecular formula is C13H24N2O2S. The van der Waals surface area contributed by atoms with Crippen LogP contribution in [0.2, 0.25) is 0 Å². The molecule has 0 aliphatic heterocycles. The Morgan fingerprint density at radius 1 is 1.33 bits per heavy atom. The largest absolute Gasteiger partial charge is 0.373 e. The van der Waals surface area contributed by atoms with Gasteiger partial charge in [-0.2, -0.15) is 0 Å². The van der Waals surface area contributed by atoms with Crippen LogP contribution in [-0.4, -0.2) is 30.3 Å². The zero-order chi connectivity index (χ0) is 13.4. The van der Waals surface area contributed by atoms with Crippen molar-refractivity contribution in [3.8, 4) is 0 Å². The minimum atomic E-state index is -0.0922. The van der Waals surface area contributed by atoms with E-state index >= 15 is 0 Å². The average Bonchev–Trinajstić information content (AvgIpc) is 2.72. The van der Waals surface area contributed by atoms with Crippen molar-refractivity contribution in [1.29, 1.82) is 0 Å². The minimum Gasteiger partial charge on any atom is -0.373 e. The lowest BCUT2D eigenvalue weighted by molar-refractivity contribution is -0.0373. The van der Waals surface area contributed by atoms with E-state index < -0.39 is 0 Å². The fraction of sp³-hybridized carbons (Fsp3) is 0.769. The third-order valence-corrected chi connectivity index (χ3v) is 3.02. The first-order chi connectivity index (χ1) is 8.51. The van der Waals surface area contributed by atoms with Gasteiger partial charge in [0.05, 0.1) is 30.3 Å². The van der Waals surface area contributed by atoms with Gasteiger partial charge in [-0.3, -0.25) is 0 Å². The molecule has 18 heavy (non-hydrogen) atoms. The molecule has 1 rings (SSSR count). The minimum absolute atomic E-state index is 0.0922. The van der Waals surface area contributed by atoms with E-state index in [1.807, 2.05) is 27.0 Å². The number of rotatable bonds is 8. The molecule has 0 aliphatic carbocycles. The summed E-state index contributed by atoms with van der Waals surface area (Å²) in [6, 6.07) is 0. The highest BCUT2D eigenvalue weighted by molar-refractivity contribution is 7.15. The van der Waals surface area contributed by atoms with Crippen LogP contribution in [-0.2, 0) is 16.1 Å². The van der Waals surface area contributed by atoms with Crippen LogP contribution in [0.5, 0.6) is 0 Å². The van der Waals surface area contributed by atoms with Crippen molar-refractivity contribution in [2.75, 3.05) is 25.1 Å². The van der Waals surface area contributed by atoms with Gasteiger partial charge in [0.2, 0.25) is 0 Å². The Labute approximate surface area is 114 Å². The first-order valence-corrected chi connectivity index (χ1v) is 7.23. The Bertz CT molecular complexity index is 334. The maximum Gasteiger partial charge on any atom is 0.182 e. The van der Waals surface area contributed by atoms with Gasteiger partial charge in [0, 0.05) is 12.7 Å². The molecule has 4 nitrogen and oxygen atoms in total. The number of hydrogen-bond acceptors (Lipinski definition) is 5. The highest BCUT2D eigenvalue weighted by Crippen LogP contribution is 2.18.